The third-order valence-corrected chi connectivity index (χ3v) is 2.17. The van der Waals surface area contributed by atoms with Crippen LogP contribution < -0.4 is 14.2 Å². The Morgan fingerprint density at radius 3 is 2.53 bits per heavy atom. The quantitative estimate of drug-likeness (QED) is 0.809. The van der Waals surface area contributed by atoms with Gasteiger partial charge in [0, 0.05) is 18.3 Å². The van der Waals surface area contributed by atoms with Gasteiger partial charge in [0.05, 0.1) is 20.4 Å². The van der Waals surface area contributed by atoms with Gasteiger partial charge in [-0.1, -0.05) is 0 Å². The molecule has 0 N–H and O–H groups in total. The van der Waals surface area contributed by atoms with Crippen molar-refractivity contribution >= 4 is 0 Å². The van der Waals surface area contributed by atoms with Crippen LogP contribution in [0, 0.1) is 6.07 Å². The van der Waals surface area contributed by atoms with Crippen LogP contribution in [0.15, 0.2) is 36.7 Å². The minimum atomic E-state index is 0.623. The van der Waals surface area contributed by atoms with Crippen LogP contribution in [0.5, 0.6) is 23.0 Å². The van der Waals surface area contributed by atoms with E-state index >= 15 is 0 Å². The van der Waals surface area contributed by atoms with Gasteiger partial charge in [0.15, 0.2) is 11.5 Å². The van der Waals surface area contributed by atoms with Crippen LogP contribution in [-0.2, 0) is 0 Å². The molecule has 0 bridgehead atoms. The van der Waals surface area contributed by atoms with E-state index in [1.165, 1.54) is 0 Å². The number of benzene rings is 1. The van der Waals surface area contributed by atoms with Crippen molar-refractivity contribution in [1.82, 2.24) is 4.98 Å². The lowest BCUT2D eigenvalue weighted by molar-refractivity contribution is 0.352. The van der Waals surface area contributed by atoms with Crippen molar-refractivity contribution in [2.45, 2.75) is 0 Å². The van der Waals surface area contributed by atoms with Crippen molar-refractivity contribution in [2.75, 3.05) is 14.2 Å². The monoisotopic (exact) mass is 230 g/mol. The molecule has 1 radical (unpaired) electrons. The van der Waals surface area contributed by atoms with Gasteiger partial charge in [-0.05, 0) is 18.2 Å². The lowest BCUT2D eigenvalue weighted by atomic mass is 10.3. The Bertz CT molecular complexity index is 485. The van der Waals surface area contributed by atoms with Crippen LogP contribution in [0.25, 0.3) is 0 Å². The Morgan fingerprint density at radius 2 is 1.88 bits per heavy atom. The molecule has 0 aliphatic carbocycles. The summed E-state index contributed by atoms with van der Waals surface area (Å²) in [6.45, 7) is 0. The van der Waals surface area contributed by atoms with Crippen LogP contribution in [0.2, 0.25) is 0 Å². The van der Waals surface area contributed by atoms with Crippen molar-refractivity contribution in [3.8, 4) is 23.0 Å². The Balaban J connectivity index is 2.22. The van der Waals surface area contributed by atoms with Gasteiger partial charge in [-0.2, -0.15) is 0 Å². The molecule has 4 heteroatoms. The number of nitrogens with zero attached hydrogens (tertiary/aromatic N) is 1. The largest absolute Gasteiger partial charge is 0.493 e. The lowest BCUT2D eigenvalue weighted by Crippen LogP contribution is -1.91. The number of hydrogen-bond acceptors (Lipinski definition) is 4. The Hall–Kier alpha value is -2.23. The third-order valence-electron chi connectivity index (χ3n) is 2.17. The number of aromatic nitrogens is 1. The SMILES string of the molecule is COc1ccc(Oc2c[c]cnc2)cc1OC. The summed E-state index contributed by atoms with van der Waals surface area (Å²) in [7, 11) is 3.17. The second-order valence-electron chi connectivity index (χ2n) is 3.24. The summed E-state index contributed by atoms with van der Waals surface area (Å²) in [5, 5.41) is 0. The van der Waals surface area contributed by atoms with Crippen molar-refractivity contribution in [3.63, 3.8) is 0 Å². The summed E-state index contributed by atoms with van der Waals surface area (Å²) in [5.74, 6) is 2.57. The van der Waals surface area contributed by atoms with E-state index < -0.39 is 0 Å². The zero-order chi connectivity index (χ0) is 12.1. The van der Waals surface area contributed by atoms with E-state index in [9.17, 15) is 0 Å². The number of hydrogen-bond donors (Lipinski definition) is 0. The zero-order valence-electron chi connectivity index (χ0n) is 9.64. The molecular formula is C13H12NO3. The molecule has 0 unspecified atom stereocenters. The summed E-state index contributed by atoms with van der Waals surface area (Å²) >= 11 is 0. The Kier molecular flexibility index (Phi) is 3.45. The van der Waals surface area contributed by atoms with E-state index in [4.69, 9.17) is 14.2 Å². The molecule has 0 saturated heterocycles. The molecule has 0 aliphatic heterocycles. The summed E-state index contributed by atoms with van der Waals surface area (Å²) in [4.78, 5) is 3.92. The van der Waals surface area contributed by atoms with Crippen molar-refractivity contribution in [1.29, 1.82) is 0 Å². The predicted octanol–water partition coefficient (Wildman–Crippen LogP) is 2.69. The average molecular weight is 230 g/mol. The molecular weight excluding hydrogens is 218 g/mol. The smallest absolute Gasteiger partial charge is 0.164 e. The molecule has 2 rings (SSSR count). The maximum atomic E-state index is 5.59. The maximum absolute atomic E-state index is 5.59. The van der Waals surface area contributed by atoms with Crippen LogP contribution in [0.1, 0.15) is 0 Å². The fourth-order valence-corrected chi connectivity index (χ4v) is 1.38. The number of ether oxygens (including phenoxy) is 3. The van der Waals surface area contributed by atoms with E-state index in [0.717, 1.165) is 0 Å². The first-order chi connectivity index (χ1) is 8.33. The molecule has 1 heterocycles. The topological polar surface area (TPSA) is 40.6 Å². The average Bonchev–Trinajstić information content (AvgIpc) is 2.40. The van der Waals surface area contributed by atoms with E-state index in [2.05, 4.69) is 11.1 Å². The van der Waals surface area contributed by atoms with Gasteiger partial charge in [-0.15, -0.1) is 0 Å². The first-order valence-electron chi connectivity index (χ1n) is 5.04. The summed E-state index contributed by atoms with van der Waals surface area (Å²) in [5.41, 5.74) is 0. The third kappa shape index (κ3) is 2.66. The molecule has 2 aromatic rings. The van der Waals surface area contributed by atoms with Crippen LogP contribution in [-0.4, -0.2) is 19.2 Å². The first-order valence-corrected chi connectivity index (χ1v) is 5.04. The highest BCUT2D eigenvalue weighted by molar-refractivity contribution is 5.46. The van der Waals surface area contributed by atoms with Gasteiger partial charge >= 0.3 is 0 Å². The molecule has 1 aromatic carbocycles. The van der Waals surface area contributed by atoms with E-state index in [1.807, 2.05) is 0 Å². The van der Waals surface area contributed by atoms with Gasteiger partial charge in [0.25, 0.3) is 0 Å². The number of pyridine rings is 1. The summed E-state index contributed by atoms with van der Waals surface area (Å²) in [6, 6.07) is 9.89. The number of methoxy groups -OCH3 is 2. The highest BCUT2D eigenvalue weighted by Gasteiger charge is 2.05. The molecule has 1 aromatic heterocycles. The van der Waals surface area contributed by atoms with Crippen molar-refractivity contribution in [3.05, 3.63) is 42.7 Å². The highest BCUT2D eigenvalue weighted by atomic mass is 16.5. The van der Waals surface area contributed by atoms with Crippen molar-refractivity contribution in [2.24, 2.45) is 0 Å². The van der Waals surface area contributed by atoms with E-state index in [1.54, 1.807) is 50.9 Å². The van der Waals surface area contributed by atoms with Gasteiger partial charge in [0.2, 0.25) is 0 Å². The minimum Gasteiger partial charge on any atom is -0.493 e. The van der Waals surface area contributed by atoms with Crippen LogP contribution in [0.4, 0.5) is 0 Å². The zero-order valence-corrected chi connectivity index (χ0v) is 9.64. The van der Waals surface area contributed by atoms with E-state index in [-0.39, 0.29) is 0 Å². The summed E-state index contributed by atoms with van der Waals surface area (Å²) < 4.78 is 15.9. The second-order valence-corrected chi connectivity index (χ2v) is 3.24. The number of rotatable bonds is 4. The predicted molar refractivity (Wildman–Crippen MR) is 62.7 cm³/mol. The molecule has 87 valence electrons. The highest BCUT2D eigenvalue weighted by Crippen LogP contribution is 2.32. The Morgan fingerprint density at radius 1 is 1.06 bits per heavy atom. The molecule has 0 amide bonds. The molecule has 0 atom stereocenters. The molecule has 0 saturated carbocycles. The summed E-state index contributed by atoms with van der Waals surface area (Å²) in [6.07, 6.45) is 3.19. The van der Waals surface area contributed by atoms with Crippen LogP contribution >= 0.6 is 0 Å². The van der Waals surface area contributed by atoms with Gasteiger partial charge in [-0.3, -0.25) is 4.98 Å². The van der Waals surface area contributed by atoms with Crippen molar-refractivity contribution < 1.29 is 14.2 Å². The molecule has 0 aliphatic rings. The molecule has 0 fully saturated rings. The van der Waals surface area contributed by atoms with Gasteiger partial charge in [0.1, 0.15) is 11.5 Å². The van der Waals surface area contributed by atoms with Gasteiger partial charge < -0.3 is 14.2 Å². The van der Waals surface area contributed by atoms with E-state index in [0.29, 0.717) is 23.0 Å². The standard InChI is InChI=1S/C13H12NO3/c1-15-12-6-5-10(8-13(12)16-2)17-11-4-3-7-14-9-11/h4-9H,1-2H3. The fraction of sp³-hybridized carbons (Fsp3) is 0.154. The molecule has 17 heavy (non-hydrogen) atoms. The first kappa shape index (κ1) is 11.3. The lowest BCUT2D eigenvalue weighted by Gasteiger charge is -2.10. The van der Waals surface area contributed by atoms with Crippen LogP contribution in [0.3, 0.4) is 0 Å². The van der Waals surface area contributed by atoms with Gasteiger partial charge in [-0.25, -0.2) is 0 Å². The fourth-order valence-electron chi connectivity index (χ4n) is 1.38. The molecule has 0 spiro atoms. The maximum Gasteiger partial charge on any atom is 0.164 e. The minimum absolute atomic E-state index is 0.623. The Labute approximate surface area is 99.8 Å². The second kappa shape index (κ2) is 5.21. The molecule has 4 nitrogen and oxygen atoms in total. The normalized spacial score (nSPS) is 9.76.